The summed E-state index contributed by atoms with van der Waals surface area (Å²) in [6.07, 6.45) is 3.85. The van der Waals surface area contributed by atoms with Gasteiger partial charge in [0.05, 0.1) is 23.6 Å². The standard InChI is InChI=1S/C14H23N5/c1-6-18-8-7-15-13(18)9-16-14-11(4)17-19(10(2)3)12(14)5/h7-8,10,16H,6,9H2,1-5H3. The van der Waals surface area contributed by atoms with Gasteiger partial charge in [-0.2, -0.15) is 5.10 Å². The van der Waals surface area contributed by atoms with Gasteiger partial charge in [-0.15, -0.1) is 0 Å². The SMILES string of the molecule is CCn1ccnc1CNc1c(C)nn(C(C)C)c1C. The zero-order chi connectivity index (χ0) is 14.0. The van der Waals surface area contributed by atoms with Gasteiger partial charge in [-0.1, -0.05) is 0 Å². The van der Waals surface area contributed by atoms with E-state index < -0.39 is 0 Å². The van der Waals surface area contributed by atoms with Crippen LogP contribution in [0.1, 0.15) is 44.0 Å². The molecule has 2 heterocycles. The number of imidazole rings is 1. The highest BCUT2D eigenvalue weighted by Gasteiger charge is 2.13. The summed E-state index contributed by atoms with van der Waals surface area (Å²) >= 11 is 0. The summed E-state index contributed by atoms with van der Waals surface area (Å²) < 4.78 is 4.20. The van der Waals surface area contributed by atoms with E-state index in [-0.39, 0.29) is 0 Å². The van der Waals surface area contributed by atoms with Gasteiger partial charge in [0.25, 0.3) is 0 Å². The van der Waals surface area contributed by atoms with Gasteiger partial charge >= 0.3 is 0 Å². The van der Waals surface area contributed by atoms with Crippen molar-refractivity contribution in [3.8, 4) is 0 Å². The first kappa shape index (κ1) is 13.6. The fraction of sp³-hybridized carbons (Fsp3) is 0.571. The largest absolute Gasteiger partial charge is 0.375 e. The number of aryl methyl sites for hydroxylation is 2. The first-order valence-electron chi connectivity index (χ1n) is 6.84. The minimum Gasteiger partial charge on any atom is -0.375 e. The average molecular weight is 261 g/mol. The Labute approximate surface area is 114 Å². The number of aromatic nitrogens is 4. The molecular weight excluding hydrogens is 238 g/mol. The van der Waals surface area contributed by atoms with Crippen LogP contribution in [-0.4, -0.2) is 19.3 Å². The van der Waals surface area contributed by atoms with Gasteiger partial charge in [-0.05, 0) is 34.6 Å². The van der Waals surface area contributed by atoms with Crippen LogP contribution in [0.4, 0.5) is 5.69 Å². The Morgan fingerprint density at radius 3 is 2.63 bits per heavy atom. The number of anilines is 1. The lowest BCUT2D eigenvalue weighted by Gasteiger charge is -2.10. The predicted octanol–water partition coefficient (Wildman–Crippen LogP) is 2.91. The highest BCUT2D eigenvalue weighted by Crippen LogP contribution is 2.22. The molecule has 0 bridgehead atoms. The van der Waals surface area contributed by atoms with E-state index in [0.717, 1.165) is 30.3 Å². The summed E-state index contributed by atoms with van der Waals surface area (Å²) in [7, 11) is 0. The normalized spacial score (nSPS) is 11.3. The molecule has 0 saturated carbocycles. The van der Waals surface area contributed by atoms with Crippen LogP contribution in [0.25, 0.3) is 0 Å². The Morgan fingerprint density at radius 1 is 1.32 bits per heavy atom. The molecule has 0 aliphatic heterocycles. The van der Waals surface area contributed by atoms with Crippen molar-refractivity contribution in [2.45, 2.75) is 53.8 Å². The first-order valence-corrected chi connectivity index (χ1v) is 6.84. The van der Waals surface area contributed by atoms with Crippen LogP contribution < -0.4 is 5.32 Å². The van der Waals surface area contributed by atoms with Crippen LogP contribution in [0.15, 0.2) is 12.4 Å². The molecule has 2 rings (SSSR count). The van der Waals surface area contributed by atoms with Gasteiger partial charge < -0.3 is 9.88 Å². The summed E-state index contributed by atoms with van der Waals surface area (Å²) in [5.74, 6) is 1.05. The highest BCUT2D eigenvalue weighted by atomic mass is 15.3. The quantitative estimate of drug-likeness (QED) is 0.900. The molecule has 5 heteroatoms. The van der Waals surface area contributed by atoms with E-state index in [9.17, 15) is 0 Å². The monoisotopic (exact) mass is 261 g/mol. The van der Waals surface area contributed by atoms with E-state index in [4.69, 9.17) is 0 Å². The van der Waals surface area contributed by atoms with Crippen molar-refractivity contribution in [3.05, 3.63) is 29.6 Å². The lowest BCUT2D eigenvalue weighted by Crippen LogP contribution is -2.09. The molecule has 0 fully saturated rings. The summed E-state index contributed by atoms with van der Waals surface area (Å²) in [6, 6.07) is 0.381. The van der Waals surface area contributed by atoms with Crippen LogP contribution >= 0.6 is 0 Å². The molecule has 5 nitrogen and oxygen atoms in total. The molecule has 19 heavy (non-hydrogen) atoms. The second-order valence-electron chi connectivity index (χ2n) is 5.07. The lowest BCUT2D eigenvalue weighted by molar-refractivity contribution is 0.516. The molecule has 0 aliphatic rings. The van der Waals surface area contributed by atoms with Crippen molar-refractivity contribution < 1.29 is 0 Å². The van der Waals surface area contributed by atoms with Crippen molar-refractivity contribution in [3.63, 3.8) is 0 Å². The van der Waals surface area contributed by atoms with Crippen molar-refractivity contribution in [1.82, 2.24) is 19.3 Å². The summed E-state index contributed by atoms with van der Waals surface area (Å²) in [4.78, 5) is 4.38. The molecule has 0 aliphatic carbocycles. The molecular formula is C14H23N5. The Kier molecular flexibility index (Phi) is 3.93. The van der Waals surface area contributed by atoms with Gasteiger partial charge in [0.1, 0.15) is 5.82 Å². The van der Waals surface area contributed by atoms with E-state index in [1.807, 2.05) is 19.3 Å². The van der Waals surface area contributed by atoms with E-state index >= 15 is 0 Å². The summed E-state index contributed by atoms with van der Waals surface area (Å²) in [6.45, 7) is 12.2. The molecule has 0 radical (unpaired) electrons. The molecule has 2 aromatic rings. The van der Waals surface area contributed by atoms with E-state index in [1.54, 1.807) is 0 Å². The van der Waals surface area contributed by atoms with Crippen LogP contribution in [0.2, 0.25) is 0 Å². The van der Waals surface area contributed by atoms with E-state index in [2.05, 4.69) is 52.3 Å². The van der Waals surface area contributed by atoms with Gasteiger partial charge in [0.2, 0.25) is 0 Å². The van der Waals surface area contributed by atoms with Gasteiger partial charge in [0, 0.05) is 25.0 Å². The minimum atomic E-state index is 0.381. The van der Waals surface area contributed by atoms with Crippen molar-refractivity contribution >= 4 is 5.69 Å². The number of hydrogen-bond acceptors (Lipinski definition) is 3. The molecule has 0 aromatic carbocycles. The van der Waals surface area contributed by atoms with Crippen LogP contribution in [0, 0.1) is 13.8 Å². The van der Waals surface area contributed by atoms with E-state index in [0.29, 0.717) is 6.04 Å². The maximum atomic E-state index is 4.58. The third-order valence-electron chi connectivity index (χ3n) is 3.38. The predicted molar refractivity (Wildman–Crippen MR) is 77.3 cm³/mol. The average Bonchev–Trinajstić information content (AvgIpc) is 2.92. The molecule has 0 amide bonds. The third kappa shape index (κ3) is 2.64. The third-order valence-corrected chi connectivity index (χ3v) is 3.38. The Morgan fingerprint density at radius 2 is 2.05 bits per heavy atom. The fourth-order valence-corrected chi connectivity index (χ4v) is 2.38. The number of rotatable bonds is 5. The molecule has 0 atom stereocenters. The van der Waals surface area contributed by atoms with Crippen molar-refractivity contribution in [1.29, 1.82) is 0 Å². The maximum Gasteiger partial charge on any atom is 0.128 e. The molecule has 0 spiro atoms. The van der Waals surface area contributed by atoms with Crippen molar-refractivity contribution in [2.24, 2.45) is 0 Å². The maximum absolute atomic E-state index is 4.58. The van der Waals surface area contributed by atoms with Crippen LogP contribution in [-0.2, 0) is 13.1 Å². The zero-order valence-corrected chi connectivity index (χ0v) is 12.4. The Bertz CT molecular complexity index is 550. The number of hydrogen-bond donors (Lipinski definition) is 1. The Hall–Kier alpha value is -1.78. The van der Waals surface area contributed by atoms with Crippen LogP contribution in [0.5, 0.6) is 0 Å². The highest BCUT2D eigenvalue weighted by molar-refractivity contribution is 5.52. The molecule has 0 saturated heterocycles. The van der Waals surface area contributed by atoms with Gasteiger partial charge in [-0.25, -0.2) is 4.98 Å². The van der Waals surface area contributed by atoms with Gasteiger partial charge in [-0.3, -0.25) is 4.68 Å². The fourth-order valence-electron chi connectivity index (χ4n) is 2.38. The first-order chi connectivity index (χ1) is 9.04. The van der Waals surface area contributed by atoms with Crippen LogP contribution in [0.3, 0.4) is 0 Å². The zero-order valence-electron chi connectivity index (χ0n) is 12.4. The van der Waals surface area contributed by atoms with Crippen molar-refractivity contribution in [2.75, 3.05) is 5.32 Å². The topological polar surface area (TPSA) is 47.7 Å². The number of nitrogens with zero attached hydrogens (tertiary/aromatic N) is 4. The molecule has 104 valence electrons. The smallest absolute Gasteiger partial charge is 0.128 e. The summed E-state index contributed by atoms with van der Waals surface area (Å²) in [5.41, 5.74) is 3.35. The second kappa shape index (κ2) is 5.47. The second-order valence-corrected chi connectivity index (χ2v) is 5.07. The minimum absolute atomic E-state index is 0.381. The lowest BCUT2D eigenvalue weighted by atomic mass is 10.3. The number of nitrogens with one attached hydrogen (secondary N) is 1. The van der Waals surface area contributed by atoms with Gasteiger partial charge in [0.15, 0.2) is 0 Å². The van der Waals surface area contributed by atoms with E-state index in [1.165, 1.54) is 5.69 Å². The summed E-state index contributed by atoms with van der Waals surface area (Å²) in [5, 5.41) is 8.05. The molecule has 2 aromatic heterocycles. The molecule has 0 unspecified atom stereocenters. The Balaban J connectivity index is 2.16. The molecule has 1 N–H and O–H groups in total.